The Balaban J connectivity index is 2.03. The summed E-state index contributed by atoms with van der Waals surface area (Å²) in [5.74, 6) is 0.615. The smallest absolute Gasteiger partial charge is 0.259 e. The number of hydrogen-bond acceptors (Lipinski definition) is 5. The zero-order valence-electron chi connectivity index (χ0n) is 14.1. The summed E-state index contributed by atoms with van der Waals surface area (Å²) in [7, 11) is 1.59. The van der Waals surface area contributed by atoms with Crippen LogP contribution in [0.15, 0.2) is 34.9 Å². The molecule has 6 heteroatoms. The highest BCUT2D eigenvalue weighted by Gasteiger charge is 2.20. The van der Waals surface area contributed by atoms with E-state index in [9.17, 15) is 4.79 Å². The molecule has 2 aromatic heterocycles. The first-order chi connectivity index (χ1) is 11.5. The molecular formula is C18H19N3O3. The fourth-order valence-electron chi connectivity index (χ4n) is 2.49. The molecule has 6 nitrogen and oxygen atoms in total. The van der Waals surface area contributed by atoms with Crippen LogP contribution in [-0.2, 0) is 0 Å². The maximum absolute atomic E-state index is 12.8. The van der Waals surface area contributed by atoms with Crippen molar-refractivity contribution in [3.05, 3.63) is 47.3 Å². The molecule has 0 aliphatic rings. The summed E-state index contributed by atoms with van der Waals surface area (Å²) in [6.07, 6.45) is 0. The number of amides is 1. The number of carbonyl (C=O) groups is 1. The third-order valence-electron chi connectivity index (χ3n) is 3.80. The monoisotopic (exact) mass is 325 g/mol. The first-order valence-electron chi connectivity index (χ1n) is 7.72. The standard InChI is InChI=1S/C18H19N3O3/c1-10(2)15-9-14(16-11(3)21-24-18(16)20-15)17(22)19-12-6-5-7-13(8-12)23-4/h5-10H,1-4H3,(H,19,22). The Morgan fingerprint density at radius 3 is 2.79 bits per heavy atom. The fourth-order valence-corrected chi connectivity index (χ4v) is 2.49. The van der Waals surface area contributed by atoms with E-state index in [2.05, 4.69) is 15.5 Å². The summed E-state index contributed by atoms with van der Waals surface area (Å²) >= 11 is 0. The molecule has 0 atom stereocenters. The molecule has 0 bridgehead atoms. The van der Waals surface area contributed by atoms with Crippen molar-refractivity contribution < 1.29 is 14.1 Å². The number of hydrogen-bond donors (Lipinski definition) is 1. The minimum atomic E-state index is -0.233. The number of aromatic nitrogens is 2. The molecule has 2 heterocycles. The predicted octanol–water partition coefficient (Wildman–Crippen LogP) is 3.92. The molecule has 3 rings (SSSR count). The minimum absolute atomic E-state index is 0.170. The molecule has 3 aromatic rings. The van der Waals surface area contributed by atoms with Crippen LogP contribution in [0.4, 0.5) is 5.69 Å². The average Bonchev–Trinajstić information content (AvgIpc) is 2.95. The highest BCUT2D eigenvalue weighted by molar-refractivity contribution is 6.12. The molecule has 0 spiro atoms. The van der Waals surface area contributed by atoms with E-state index in [-0.39, 0.29) is 11.8 Å². The minimum Gasteiger partial charge on any atom is -0.497 e. The van der Waals surface area contributed by atoms with E-state index in [1.54, 1.807) is 26.2 Å². The molecule has 0 saturated heterocycles. The summed E-state index contributed by atoms with van der Waals surface area (Å²) in [4.78, 5) is 17.2. The maximum Gasteiger partial charge on any atom is 0.259 e. The van der Waals surface area contributed by atoms with Gasteiger partial charge in [-0.3, -0.25) is 4.79 Å². The highest BCUT2D eigenvalue weighted by Crippen LogP contribution is 2.26. The van der Waals surface area contributed by atoms with Gasteiger partial charge in [0.1, 0.15) is 5.75 Å². The lowest BCUT2D eigenvalue weighted by Crippen LogP contribution is -2.13. The average molecular weight is 325 g/mol. The van der Waals surface area contributed by atoms with Crippen LogP contribution in [0.3, 0.4) is 0 Å². The third kappa shape index (κ3) is 2.95. The molecule has 0 radical (unpaired) electrons. The van der Waals surface area contributed by atoms with E-state index in [1.807, 2.05) is 32.0 Å². The molecular weight excluding hydrogens is 306 g/mol. The van der Waals surface area contributed by atoms with Gasteiger partial charge < -0.3 is 14.6 Å². The Bertz CT molecular complexity index is 900. The van der Waals surface area contributed by atoms with Crippen molar-refractivity contribution in [2.45, 2.75) is 26.7 Å². The Morgan fingerprint density at radius 2 is 2.08 bits per heavy atom. The van der Waals surface area contributed by atoms with Gasteiger partial charge in [0.2, 0.25) is 0 Å². The zero-order chi connectivity index (χ0) is 17.3. The number of benzene rings is 1. The van der Waals surface area contributed by atoms with Crippen molar-refractivity contribution in [1.82, 2.24) is 10.1 Å². The lowest BCUT2D eigenvalue weighted by molar-refractivity contribution is 0.102. The van der Waals surface area contributed by atoms with Gasteiger partial charge in [-0.15, -0.1) is 0 Å². The highest BCUT2D eigenvalue weighted by atomic mass is 16.5. The molecule has 1 N–H and O–H groups in total. The third-order valence-corrected chi connectivity index (χ3v) is 3.80. The van der Waals surface area contributed by atoms with E-state index in [4.69, 9.17) is 9.26 Å². The van der Waals surface area contributed by atoms with Crippen molar-refractivity contribution in [2.75, 3.05) is 12.4 Å². The molecule has 24 heavy (non-hydrogen) atoms. The topological polar surface area (TPSA) is 77.2 Å². The largest absolute Gasteiger partial charge is 0.497 e. The molecule has 1 amide bonds. The number of fused-ring (bicyclic) bond motifs is 1. The van der Waals surface area contributed by atoms with Crippen LogP contribution in [-0.4, -0.2) is 23.2 Å². The number of carbonyl (C=O) groups excluding carboxylic acids is 1. The molecule has 0 unspecified atom stereocenters. The summed E-state index contributed by atoms with van der Waals surface area (Å²) in [6, 6.07) is 9.01. The van der Waals surface area contributed by atoms with E-state index in [0.717, 1.165) is 5.69 Å². The van der Waals surface area contributed by atoms with Crippen LogP contribution < -0.4 is 10.1 Å². The lowest BCUT2D eigenvalue weighted by atomic mass is 10.0. The lowest BCUT2D eigenvalue weighted by Gasteiger charge is -2.10. The van der Waals surface area contributed by atoms with Crippen LogP contribution >= 0.6 is 0 Å². The zero-order valence-corrected chi connectivity index (χ0v) is 14.1. The molecule has 0 fully saturated rings. The summed E-state index contributed by atoms with van der Waals surface area (Å²) < 4.78 is 10.4. The number of methoxy groups -OCH3 is 1. The van der Waals surface area contributed by atoms with Crippen molar-refractivity contribution >= 4 is 22.7 Å². The van der Waals surface area contributed by atoms with Gasteiger partial charge in [-0.05, 0) is 31.0 Å². The van der Waals surface area contributed by atoms with Crippen molar-refractivity contribution in [2.24, 2.45) is 0 Å². The van der Waals surface area contributed by atoms with Crippen LogP contribution in [0, 0.1) is 6.92 Å². The number of nitrogens with zero attached hydrogens (tertiary/aromatic N) is 2. The molecule has 0 saturated carbocycles. The second-order valence-corrected chi connectivity index (χ2v) is 5.88. The van der Waals surface area contributed by atoms with E-state index >= 15 is 0 Å². The number of pyridine rings is 1. The maximum atomic E-state index is 12.8. The van der Waals surface area contributed by atoms with Gasteiger partial charge in [-0.1, -0.05) is 25.1 Å². The van der Waals surface area contributed by atoms with E-state index in [1.165, 1.54) is 0 Å². The number of rotatable bonds is 4. The first-order valence-corrected chi connectivity index (χ1v) is 7.72. The SMILES string of the molecule is COc1cccc(NC(=O)c2cc(C(C)C)nc3onc(C)c23)c1. The quantitative estimate of drug-likeness (QED) is 0.787. The Hall–Kier alpha value is -2.89. The summed E-state index contributed by atoms with van der Waals surface area (Å²) in [5, 5.41) is 7.47. The molecule has 0 aliphatic carbocycles. The van der Waals surface area contributed by atoms with Gasteiger partial charge in [0.25, 0.3) is 11.6 Å². The first kappa shape index (κ1) is 16.0. The second kappa shape index (κ2) is 6.31. The molecule has 1 aromatic carbocycles. The van der Waals surface area contributed by atoms with Crippen LogP contribution in [0.2, 0.25) is 0 Å². The van der Waals surface area contributed by atoms with Crippen molar-refractivity contribution in [1.29, 1.82) is 0 Å². The van der Waals surface area contributed by atoms with E-state index in [0.29, 0.717) is 33.8 Å². The van der Waals surface area contributed by atoms with Crippen molar-refractivity contribution in [3.63, 3.8) is 0 Å². The van der Waals surface area contributed by atoms with Crippen LogP contribution in [0.5, 0.6) is 5.75 Å². The molecule has 0 aliphatic heterocycles. The van der Waals surface area contributed by atoms with Gasteiger partial charge >= 0.3 is 0 Å². The van der Waals surface area contributed by atoms with Crippen molar-refractivity contribution in [3.8, 4) is 5.75 Å². The second-order valence-electron chi connectivity index (χ2n) is 5.88. The Labute approximate surface area is 139 Å². The molecule has 124 valence electrons. The van der Waals surface area contributed by atoms with E-state index < -0.39 is 0 Å². The van der Waals surface area contributed by atoms with Gasteiger partial charge in [0.15, 0.2) is 0 Å². The van der Waals surface area contributed by atoms with Crippen LogP contribution in [0.25, 0.3) is 11.1 Å². The Morgan fingerprint density at radius 1 is 1.29 bits per heavy atom. The van der Waals surface area contributed by atoms with Gasteiger partial charge in [0.05, 0.1) is 23.8 Å². The number of anilines is 1. The summed E-state index contributed by atoms with van der Waals surface area (Å²) in [6.45, 7) is 5.83. The van der Waals surface area contributed by atoms with Gasteiger partial charge in [-0.25, -0.2) is 4.98 Å². The Kier molecular flexibility index (Phi) is 4.20. The fraction of sp³-hybridized carbons (Fsp3) is 0.278. The number of aryl methyl sites for hydroxylation is 1. The van der Waals surface area contributed by atoms with Gasteiger partial charge in [-0.2, -0.15) is 0 Å². The number of ether oxygens (including phenoxy) is 1. The van der Waals surface area contributed by atoms with Crippen LogP contribution in [0.1, 0.15) is 41.5 Å². The normalized spacial score (nSPS) is 11.0. The predicted molar refractivity (Wildman–Crippen MR) is 91.6 cm³/mol. The summed E-state index contributed by atoms with van der Waals surface area (Å²) in [5.41, 5.74) is 2.97. The number of nitrogens with one attached hydrogen (secondary N) is 1. The van der Waals surface area contributed by atoms with Gasteiger partial charge in [0, 0.05) is 17.4 Å².